The summed E-state index contributed by atoms with van der Waals surface area (Å²) in [4.78, 5) is 0. The Balaban J connectivity index is 2.31. The molecule has 0 aliphatic carbocycles. The van der Waals surface area contributed by atoms with Crippen LogP contribution in [0.1, 0.15) is 0 Å². The first-order valence-corrected chi connectivity index (χ1v) is 2.56. The Kier molecular flexibility index (Phi) is 0.798. The van der Waals surface area contributed by atoms with Gasteiger partial charge in [0, 0.05) is 0 Å². The van der Waals surface area contributed by atoms with Crippen LogP contribution in [0.4, 0.5) is 0 Å². The smallest absolute Gasteiger partial charge is 0.173 e. The number of nitrogens with zero attached hydrogens (tertiary/aromatic N) is 3. The molecule has 0 saturated heterocycles. The van der Waals surface area contributed by atoms with E-state index in [0.717, 1.165) is 5.82 Å². The van der Waals surface area contributed by atoms with E-state index in [2.05, 4.69) is 22.4 Å². The average molecular weight is 120 g/mol. The summed E-state index contributed by atoms with van der Waals surface area (Å²) in [7, 11) is 0. The van der Waals surface area contributed by atoms with Crippen LogP contribution in [0.5, 0.6) is 0 Å². The minimum Gasteiger partial charge on any atom is -0.236 e. The largest absolute Gasteiger partial charge is 0.236 e. The molecular weight excluding hydrogens is 116 g/mol. The number of hydrazine groups is 1. The molecule has 44 valence electrons. The molecule has 0 spiro atoms. The predicted octanol–water partition coefficient (Wildman–Crippen LogP) is 0.624. The standard InChI is InChI=1S/C5H4N4/c1-2-4-9-5(3-1)6-7-8-9/h1-3H,(H,6,8). The van der Waals surface area contributed by atoms with Crippen molar-refractivity contribution in [2.45, 2.75) is 0 Å². The highest BCUT2D eigenvalue weighted by Gasteiger charge is 2.14. The van der Waals surface area contributed by atoms with Crippen LogP contribution in [0, 0.1) is 6.54 Å². The number of allylic oxidation sites excluding steroid dienone is 2. The Hall–Kier alpha value is -1.32. The van der Waals surface area contributed by atoms with Crippen molar-refractivity contribution in [3.63, 3.8) is 0 Å². The Bertz CT molecular complexity index is 203. The zero-order valence-corrected chi connectivity index (χ0v) is 4.57. The molecule has 2 heterocycles. The Labute approximate surface area is 52.5 Å². The maximum Gasteiger partial charge on any atom is 0.173 e. The quantitative estimate of drug-likeness (QED) is 0.509. The molecule has 2 rings (SSSR count). The monoisotopic (exact) mass is 120 g/mol. The highest BCUT2D eigenvalue weighted by atomic mass is 15.8. The van der Waals surface area contributed by atoms with Gasteiger partial charge >= 0.3 is 0 Å². The molecule has 2 aliphatic heterocycles. The van der Waals surface area contributed by atoms with Gasteiger partial charge in [0.15, 0.2) is 5.82 Å². The van der Waals surface area contributed by atoms with E-state index >= 15 is 0 Å². The number of fused-ring (bicyclic) bond motifs is 1. The van der Waals surface area contributed by atoms with E-state index in [1.807, 2.05) is 12.2 Å². The van der Waals surface area contributed by atoms with Gasteiger partial charge in [-0.3, -0.25) is 0 Å². The van der Waals surface area contributed by atoms with Gasteiger partial charge < -0.3 is 0 Å². The second kappa shape index (κ2) is 1.58. The fourth-order valence-electron chi connectivity index (χ4n) is 0.669. The summed E-state index contributed by atoms with van der Waals surface area (Å²) in [6.45, 7) is 2.87. The summed E-state index contributed by atoms with van der Waals surface area (Å²) in [5.74, 6) is 0.775. The first-order chi connectivity index (χ1) is 4.47. The van der Waals surface area contributed by atoms with E-state index in [9.17, 15) is 0 Å². The van der Waals surface area contributed by atoms with Crippen LogP contribution in [0.15, 0.2) is 34.4 Å². The molecule has 0 aromatic heterocycles. The molecular formula is C5H4N4. The number of hydrogen-bond acceptors (Lipinski definition) is 4. The SMILES string of the molecule is [C]1C=CC=C2N=NNN12. The molecule has 4 heteroatoms. The van der Waals surface area contributed by atoms with Crippen LogP contribution >= 0.6 is 0 Å². The van der Waals surface area contributed by atoms with Gasteiger partial charge in [0.1, 0.15) is 6.54 Å². The summed E-state index contributed by atoms with van der Waals surface area (Å²) < 4.78 is 0. The maximum absolute atomic E-state index is 3.74. The summed E-state index contributed by atoms with van der Waals surface area (Å²) in [6, 6.07) is 0. The first kappa shape index (κ1) is 4.55. The number of nitrogens with one attached hydrogen (secondary N) is 1. The van der Waals surface area contributed by atoms with E-state index in [1.54, 1.807) is 11.1 Å². The third kappa shape index (κ3) is 0.595. The van der Waals surface area contributed by atoms with E-state index in [1.165, 1.54) is 0 Å². The lowest BCUT2D eigenvalue weighted by atomic mass is 10.4. The van der Waals surface area contributed by atoms with Crippen LogP contribution in [-0.4, -0.2) is 5.01 Å². The second-order valence-electron chi connectivity index (χ2n) is 1.65. The fourth-order valence-corrected chi connectivity index (χ4v) is 0.669. The summed E-state index contributed by atoms with van der Waals surface area (Å²) in [5.41, 5.74) is 2.62. The minimum absolute atomic E-state index is 0.775. The van der Waals surface area contributed by atoms with Crippen molar-refractivity contribution in [3.05, 3.63) is 30.6 Å². The molecule has 9 heavy (non-hydrogen) atoms. The molecule has 1 N–H and O–H groups in total. The van der Waals surface area contributed by atoms with Crippen LogP contribution in [0.2, 0.25) is 0 Å². The predicted molar refractivity (Wildman–Crippen MR) is 30.3 cm³/mol. The van der Waals surface area contributed by atoms with Gasteiger partial charge in [-0.25, -0.2) is 5.01 Å². The fraction of sp³-hybridized carbons (Fsp3) is 0. The third-order valence-corrected chi connectivity index (χ3v) is 1.07. The van der Waals surface area contributed by atoms with Crippen LogP contribution < -0.4 is 5.53 Å². The molecule has 2 radical (unpaired) electrons. The van der Waals surface area contributed by atoms with E-state index in [4.69, 9.17) is 0 Å². The van der Waals surface area contributed by atoms with Crippen LogP contribution in [-0.2, 0) is 0 Å². The lowest BCUT2D eigenvalue weighted by Gasteiger charge is -2.13. The molecule has 0 fully saturated rings. The third-order valence-electron chi connectivity index (χ3n) is 1.07. The highest BCUT2D eigenvalue weighted by Crippen LogP contribution is 2.15. The Morgan fingerprint density at radius 2 is 2.67 bits per heavy atom. The number of rotatable bonds is 0. The normalized spacial score (nSPS) is 21.3. The van der Waals surface area contributed by atoms with Crippen molar-refractivity contribution in [3.8, 4) is 0 Å². The maximum atomic E-state index is 3.74. The number of hydrogen-bond donors (Lipinski definition) is 1. The average Bonchev–Trinajstić information content (AvgIpc) is 2.33. The molecule has 4 nitrogen and oxygen atoms in total. The van der Waals surface area contributed by atoms with Gasteiger partial charge in [-0.05, 0) is 6.08 Å². The van der Waals surface area contributed by atoms with E-state index in [-0.39, 0.29) is 0 Å². The van der Waals surface area contributed by atoms with Crippen molar-refractivity contribution < 1.29 is 0 Å². The van der Waals surface area contributed by atoms with Gasteiger partial charge in [-0.15, -0.1) is 5.11 Å². The minimum atomic E-state index is 0.775. The zero-order chi connectivity index (χ0) is 6.10. The molecule has 0 atom stereocenters. The van der Waals surface area contributed by atoms with E-state index < -0.39 is 0 Å². The van der Waals surface area contributed by atoms with E-state index in [0.29, 0.717) is 0 Å². The van der Waals surface area contributed by atoms with Crippen molar-refractivity contribution in [2.75, 3.05) is 0 Å². The zero-order valence-electron chi connectivity index (χ0n) is 4.57. The summed E-state index contributed by atoms with van der Waals surface area (Å²) >= 11 is 0. The molecule has 0 unspecified atom stereocenters. The van der Waals surface area contributed by atoms with Crippen molar-refractivity contribution >= 4 is 0 Å². The van der Waals surface area contributed by atoms with Crippen molar-refractivity contribution in [1.82, 2.24) is 10.5 Å². The molecule has 0 saturated carbocycles. The molecule has 2 aliphatic rings. The van der Waals surface area contributed by atoms with Gasteiger partial charge in [0.25, 0.3) is 0 Å². The Morgan fingerprint density at radius 3 is 3.56 bits per heavy atom. The first-order valence-electron chi connectivity index (χ1n) is 2.56. The highest BCUT2D eigenvalue weighted by molar-refractivity contribution is 5.20. The summed E-state index contributed by atoms with van der Waals surface area (Å²) in [5, 5.41) is 8.91. The molecule has 0 bridgehead atoms. The summed E-state index contributed by atoms with van der Waals surface area (Å²) in [6.07, 6.45) is 5.49. The van der Waals surface area contributed by atoms with Crippen molar-refractivity contribution in [2.24, 2.45) is 10.3 Å². The van der Waals surface area contributed by atoms with Gasteiger partial charge in [0.2, 0.25) is 0 Å². The van der Waals surface area contributed by atoms with Crippen molar-refractivity contribution in [1.29, 1.82) is 0 Å². The van der Waals surface area contributed by atoms with Gasteiger partial charge in [0.05, 0.1) is 0 Å². The Morgan fingerprint density at radius 1 is 1.67 bits per heavy atom. The topological polar surface area (TPSA) is 40.0 Å². The van der Waals surface area contributed by atoms with Gasteiger partial charge in [-0.2, -0.15) is 5.53 Å². The lowest BCUT2D eigenvalue weighted by molar-refractivity contribution is 0.355. The molecule has 0 amide bonds. The van der Waals surface area contributed by atoms with Gasteiger partial charge in [-0.1, -0.05) is 17.4 Å². The van der Waals surface area contributed by atoms with Crippen LogP contribution in [0.3, 0.4) is 0 Å². The lowest BCUT2D eigenvalue weighted by Crippen LogP contribution is -2.25. The molecule has 0 aromatic carbocycles. The second-order valence-corrected chi connectivity index (χ2v) is 1.65. The molecule has 0 aromatic rings. The van der Waals surface area contributed by atoms with Crippen LogP contribution in [0.25, 0.3) is 0 Å².